The van der Waals surface area contributed by atoms with Crippen LogP contribution in [-0.4, -0.2) is 6.54 Å². The standard InChI is InChI=1S/C17H29NO/c1-5-9-18-17(15-8-6-7-12(2)10-15)16-11-13(3)19-14(16)4/h11-12,15,17-18H,5-10H2,1-4H3. The van der Waals surface area contributed by atoms with Gasteiger partial charge >= 0.3 is 0 Å². The zero-order valence-corrected chi connectivity index (χ0v) is 13.0. The van der Waals surface area contributed by atoms with Gasteiger partial charge < -0.3 is 9.73 Å². The molecule has 19 heavy (non-hydrogen) atoms. The van der Waals surface area contributed by atoms with Gasteiger partial charge in [0.15, 0.2) is 0 Å². The van der Waals surface area contributed by atoms with Gasteiger partial charge in [0.1, 0.15) is 11.5 Å². The van der Waals surface area contributed by atoms with E-state index in [1.165, 1.54) is 37.7 Å². The van der Waals surface area contributed by atoms with Crippen molar-refractivity contribution in [1.29, 1.82) is 0 Å². The van der Waals surface area contributed by atoms with E-state index in [2.05, 4.69) is 39.1 Å². The van der Waals surface area contributed by atoms with Crippen molar-refractivity contribution in [3.63, 3.8) is 0 Å². The van der Waals surface area contributed by atoms with Crippen LogP contribution in [0.15, 0.2) is 10.5 Å². The Morgan fingerprint density at radius 1 is 1.37 bits per heavy atom. The third kappa shape index (κ3) is 3.62. The van der Waals surface area contributed by atoms with Crippen LogP contribution in [0.25, 0.3) is 0 Å². The first-order valence-electron chi connectivity index (χ1n) is 7.92. The molecule has 2 nitrogen and oxygen atoms in total. The van der Waals surface area contributed by atoms with Crippen molar-refractivity contribution in [3.8, 4) is 0 Å². The zero-order valence-electron chi connectivity index (χ0n) is 13.0. The van der Waals surface area contributed by atoms with Crippen LogP contribution in [0.1, 0.15) is 69.1 Å². The molecule has 1 aliphatic carbocycles. The smallest absolute Gasteiger partial charge is 0.105 e. The van der Waals surface area contributed by atoms with Gasteiger partial charge in [0.2, 0.25) is 0 Å². The fourth-order valence-electron chi connectivity index (χ4n) is 3.57. The van der Waals surface area contributed by atoms with Crippen LogP contribution in [0.3, 0.4) is 0 Å². The monoisotopic (exact) mass is 263 g/mol. The highest BCUT2D eigenvalue weighted by Crippen LogP contribution is 2.38. The molecule has 3 atom stereocenters. The van der Waals surface area contributed by atoms with E-state index in [9.17, 15) is 0 Å². The topological polar surface area (TPSA) is 25.2 Å². The lowest BCUT2D eigenvalue weighted by Crippen LogP contribution is -2.32. The zero-order chi connectivity index (χ0) is 13.8. The number of rotatable bonds is 5. The van der Waals surface area contributed by atoms with E-state index in [4.69, 9.17) is 4.42 Å². The van der Waals surface area contributed by atoms with Crippen molar-refractivity contribution in [2.24, 2.45) is 11.8 Å². The van der Waals surface area contributed by atoms with Crippen molar-refractivity contribution >= 4 is 0 Å². The molecule has 3 unspecified atom stereocenters. The molecule has 1 aromatic rings. The van der Waals surface area contributed by atoms with Gasteiger partial charge in [-0.25, -0.2) is 0 Å². The summed E-state index contributed by atoms with van der Waals surface area (Å²) in [6, 6.07) is 2.72. The van der Waals surface area contributed by atoms with Gasteiger partial charge in [-0.3, -0.25) is 0 Å². The van der Waals surface area contributed by atoms with Crippen LogP contribution in [0.2, 0.25) is 0 Å². The molecule has 2 heteroatoms. The van der Waals surface area contributed by atoms with Crippen molar-refractivity contribution in [2.45, 2.75) is 65.8 Å². The van der Waals surface area contributed by atoms with Crippen molar-refractivity contribution in [1.82, 2.24) is 5.32 Å². The lowest BCUT2D eigenvalue weighted by atomic mass is 9.76. The van der Waals surface area contributed by atoms with Crippen LogP contribution < -0.4 is 5.32 Å². The fraction of sp³-hybridized carbons (Fsp3) is 0.765. The lowest BCUT2D eigenvalue weighted by molar-refractivity contribution is 0.222. The molecule has 1 saturated carbocycles. The first-order chi connectivity index (χ1) is 9.11. The number of hydrogen-bond acceptors (Lipinski definition) is 2. The summed E-state index contributed by atoms with van der Waals surface area (Å²) < 4.78 is 5.75. The molecule has 0 aromatic carbocycles. The normalized spacial score (nSPS) is 25.5. The summed E-state index contributed by atoms with van der Waals surface area (Å²) >= 11 is 0. The Morgan fingerprint density at radius 2 is 2.16 bits per heavy atom. The van der Waals surface area contributed by atoms with Gasteiger partial charge in [0.05, 0.1) is 0 Å². The Bertz CT molecular complexity index is 396. The number of aryl methyl sites for hydroxylation is 2. The third-order valence-electron chi connectivity index (χ3n) is 4.48. The maximum Gasteiger partial charge on any atom is 0.105 e. The minimum atomic E-state index is 0.486. The van der Waals surface area contributed by atoms with Gasteiger partial charge in [0.25, 0.3) is 0 Å². The average Bonchev–Trinajstić information content (AvgIpc) is 2.69. The van der Waals surface area contributed by atoms with E-state index in [-0.39, 0.29) is 0 Å². The van der Waals surface area contributed by atoms with Crippen LogP contribution in [-0.2, 0) is 0 Å². The van der Waals surface area contributed by atoms with Crippen LogP contribution >= 0.6 is 0 Å². The molecule has 0 radical (unpaired) electrons. The third-order valence-corrected chi connectivity index (χ3v) is 4.48. The molecule has 0 spiro atoms. The maximum absolute atomic E-state index is 5.75. The number of hydrogen-bond donors (Lipinski definition) is 1. The summed E-state index contributed by atoms with van der Waals surface area (Å²) in [6.07, 6.45) is 6.68. The predicted molar refractivity (Wildman–Crippen MR) is 80.3 cm³/mol. The fourth-order valence-corrected chi connectivity index (χ4v) is 3.57. The highest BCUT2D eigenvalue weighted by Gasteiger charge is 2.29. The van der Waals surface area contributed by atoms with Crippen molar-refractivity contribution in [3.05, 3.63) is 23.2 Å². The molecule has 0 bridgehead atoms. The average molecular weight is 263 g/mol. The van der Waals surface area contributed by atoms with Gasteiger partial charge in [0, 0.05) is 11.6 Å². The molecule has 1 heterocycles. The molecular formula is C17H29NO. The van der Waals surface area contributed by atoms with Gasteiger partial charge in [-0.1, -0.05) is 26.7 Å². The SMILES string of the molecule is CCCNC(c1cc(C)oc1C)C1CCCC(C)C1. The first kappa shape index (κ1) is 14.6. The quantitative estimate of drug-likeness (QED) is 0.828. The summed E-state index contributed by atoms with van der Waals surface area (Å²) in [6.45, 7) is 9.89. The largest absolute Gasteiger partial charge is 0.466 e. The molecule has 0 saturated heterocycles. The highest BCUT2D eigenvalue weighted by molar-refractivity contribution is 5.25. The maximum atomic E-state index is 5.75. The van der Waals surface area contributed by atoms with E-state index in [1.54, 1.807) is 0 Å². The van der Waals surface area contributed by atoms with E-state index in [0.29, 0.717) is 6.04 Å². The van der Waals surface area contributed by atoms with Crippen molar-refractivity contribution < 1.29 is 4.42 Å². The Hall–Kier alpha value is -0.760. The number of furan rings is 1. The molecule has 2 rings (SSSR count). The van der Waals surface area contributed by atoms with Crippen LogP contribution in [0, 0.1) is 25.7 Å². The Balaban J connectivity index is 2.17. The molecule has 1 fully saturated rings. The number of nitrogens with one attached hydrogen (secondary N) is 1. The molecule has 0 aliphatic heterocycles. The second kappa shape index (κ2) is 6.60. The van der Waals surface area contributed by atoms with E-state index >= 15 is 0 Å². The van der Waals surface area contributed by atoms with E-state index in [1.807, 2.05) is 0 Å². The second-order valence-corrected chi connectivity index (χ2v) is 6.33. The minimum Gasteiger partial charge on any atom is -0.466 e. The highest BCUT2D eigenvalue weighted by atomic mass is 16.3. The molecule has 1 aliphatic rings. The molecular weight excluding hydrogens is 234 g/mol. The Labute approximate surface area is 118 Å². The molecule has 108 valence electrons. The lowest BCUT2D eigenvalue weighted by Gasteiger charge is -2.34. The molecule has 0 amide bonds. The van der Waals surface area contributed by atoms with Crippen molar-refractivity contribution in [2.75, 3.05) is 6.54 Å². The summed E-state index contributed by atoms with van der Waals surface area (Å²) in [7, 11) is 0. The Kier molecular flexibility index (Phi) is 5.09. The first-order valence-corrected chi connectivity index (χ1v) is 7.92. The molecule has 1 aromatic heterocycles. The van der Waals surface area contributed by atoms with Gasteiger partial charge in [-0.05, 0) is 57.6 Å². The van der Waals surface area contributed by atoms with Gasteiger partial charge in [-0.15, -0.1) is 0 Å². The minimum absolute atomic E-state index is 0.486. The summed E-state index contributed by atoms with van der Waals surface area (Å²) in [5.41, 5.74) is 1.39. The summed E-state index contributed by atoms with van der Waals surface area (Å²) in [5, 5.41) is 3.77. The van der Waals surface area contributed by atoms with Crippen LogP contribution in [0.4, 0.5) is 0 Å². The van der Waals surface area contributed by atoms with E-state index in [0.717, 1.165) is 29.9 Å². The van der Waals surface area contributed by atoms with E-state index < -0.39 is 0 Å². The molecule has 1 N–H and O–H groups in total. The summed E-state index contributed by atoms with van der Waals surface area (Å²) in [4.78, 5) is 0. The Morgan fingerprint density at radius 3 is 2.74 bits per heavy atom. The van der Waals surface area contributed by atoms with Crippen LogP contribution in [0.5, 0.6) is 0 Å². The summed E-state index contributed by atoms with van der Waals surface area (Å²) in [5.74, 6) is 3.79. The second-order valence-electron chi connectivity index (χ2n) is 6.33. The predicted octanol–water partition coefficient (Wildman–Crippen LogP) is 4.76. The van der Waals surface area contributed by atoms with Gasteiger partial charge in [-0.2, -0.15) is 0 Å².